The highest BCUT2D eigenvalue weighted by atomic mass is 79.9. The lowest BCUT2D eigenvalue weighted by molar-refractivity contribution is 0.216. The average Bonchev–Trinajstić information content (AvgIpc) is 2.63. The van der Waals surface area contributed by atoms with E-state index in [-0.39, 0.29) is 12.1 Å². The Kier molecular flexibility index (Phi) is 4.36. The lowest BCUT2D eigenvalue weighted by Crippen LogP contribution is -2.47. The van der Waals surface area contributed by atoms with Gasteiger partial charge in [-0.15, -0.1) is 11.3 Å². The molecular formula is C10H15BrN4OS. The Bertz CT molecular complexity index is 397. The Morgan fingerprint density at radius 2 is 2.53 bits per heavy atom. The molecular weight excluding hydrogens is 304 g/mol. The van der Waals surface area contributed by atoms with Crippen molar-refractivity contribution in [3.05, 3.63) is 9.30 Å². The van der Waals surface area contributed by atoms with Crippen LogP contribution in [0.1, 0.15) is 12.8 Å². The standard InChI is InChI=1S/C10H15BrN4OS/c1-15-4-2-3-7(5-15)12-10(16)14-8-6-17-9(11)13-8/h6-7H,2-5H2,1H3,(H2,12,14,16)/t7-/m0/s1. The molecule has 94 valence electrons. The van der Waals surface area contributed by atoms with Gasteiger partial charge in [0.25, 0.3) is 0 Å². The van der Waals surface area contributed by atoms with Crippen LogP contribution in [0.3, 0.4) is 0 Å². The van der Waals surface area contributed by atoms with Crippen LogP contribution in [0.15, 0.2) is 9.30 Å². The molecule has 5 nitrogen and oxygen atoms in total. The minimum atomic E-state index is -0.178. The van der Waals surface area contributed by atoms with Gasteiger partial charge in [-0.05, 0) is 42.4 Å². The second-order valence-electron chi connectivity index (χ2n) is 4.19. The molecule has 1 aromatic heterocycles. The van der Waals surface area contributed by atoms with Crippen molar-refractivity contribution in [3.63, 3.8) is 0 Å². The van der Waals surface area contributed by atoms with Crippen LogP contribution >= 0.6 is 27.3 Å². The van der Waals surface area contributed by atoms with Gasteiger partial charge in [-0.2, -0.15) is 0 Å². The Morgan fingerprint density at radius 3 is 3.18 bits per heavy atom. The zero-order valence-electron chi connectivity index (χ0n) is 9.57. The lowest BCUT2D eigenvalue weighted by Gasteiger charge is -2.30. The molecule has 0 spiro atoms. The topological polar surface area (TPSA) is 57.3 Å². The van der Waals surface area contributed by atoms with Crippen molar-refractivity contribution in [2.45, 2.75) is 18.9 Å². The second kappa shape index (κ2) is 5.79. The Hall–Kier alpha value is -0.660. The maximum Gasteiger partial charge on any atom is 0.320 e. The van der Waals surface area contributed by atoms with E-state index in [1.807, 2.05) is 0 Å². The minimum absolute atomic E-state index is 0.178. The summed E-state index contributed by atoms with van der Waals surface area (Å²) in [7, 11) is 2.07. The van der Waals surface area contributed by atoms with Crippen LogP contribution in [-0.2, 0) is 0 Å². The summed E-state index contributed by atoms with van der Waals surface area (Å²) in [5, 5.41) is 7.49. The van der Waals surface area contributed by atoms with Crippen LogP contribution in [0.25, 0.3) is 0 Å². The highest BCUT2D eigenvalue weighted by molar-refractivity contribution is 9.11. The van der Waals surface area contributed by atoms with Crippen molar-refractivity contribution in [2.24, 2.45) is 0 Å². The molecule has 2 heterocycles. The van der Waals surface area contributed by atoms with E-state index in [0.29, 0.717) is 5.82 Å². The monoisotopic (exact) mass is 318 g/mol. The smallest absolute Gasteiger partial charge is 0.320 e. The molecule has 0 radical (unpaired) electrons. The number of thiazole rings is 1. The van der Waals surface area contributed by atoms with E-state index in [0.717, 1.165) is 29.8 Å². The number of nitrogens with zero attached hydrogens (tertiary/aromatic N) is 2. The number of amides is 2. The van der Waals surface area contributed by atoms with E-state index >= 15 is 0 Å². The summed E-state index contributed by atoms with van der Waals surface area (Å²) < 4.78 is 0.769. The number of likely N-dealkylation sites (tertiary alicyclic amines) is 1. The molecule has 0 bridgehead atoms. The fourth-order valence-corrected chi connectivity index (χ4v) is 2.87. The summed E-state index contributed by atoms with van der Waals surface area (Å²) in [6.45, 7) is 2.02. The molecule has 2 N–H and O–H groups in total. The molecule has 0 saturated carbocycles. The van der Waals surface area contributed by atoms with Gasteiger partial charge in [-0.3, -0.25) is 5.32 Å². The molecule has 1 aliphatic heterocycles. The van der Waals surface area contributed by atoms with Gasteiger partial charge in [-0.1, -0.05) is 0 Å². The van der Waals surface area contributed by atoms with E-state index in [9.17, 15) is 4.79 Å². The van der Waals surface area contributed by atoms with Gasteiger partial charge in [0.1, 0.15) is 5.82 Å². The van der Waals surface area contributed by atoms with E-state index in [4.69, 9.17) is 0 Å². The van der Waals surface area contributed by atoms with Crippen molar-refractivity contribution >= 4 is 39.1 Å². The number of carbonyl (C=O) groups excluding carboxylic acids is 1. The molecule has 2 amide bonds. The fraction of sp³-hybridized carbons (Fsp3) is 0.600. The van der Waals surface area contributed by atoms with Gasteiger partial charge in [-0.25, -0.2) is 9.78 Å². The van der Waals surface area contributed by atoms with Gasteiger partial charge in [0.05, 0.1) is 0 Å². The third-order valence-corrected chi connectivity index (χ3v) is 4.04. The van der Waals surface area contributed by atoms with Gasteiger partial charge in [0.2, 0.25) is 0 Å². The van der Waals surface area contributed by atoms with Crippen molar-refractivity contribution in [3.8, 4) is 0 Å². The SMILES string of the molecule is CN1CCC[C@H](NC(=O)Nc2csc(Br)n2)C1. The van der Waals surface area contributed by atoms with Gasteiger partial charge < -0.3 is 10.2 Å². The van der Waals surface area contributed by atoms with Crippen LogP contribution in [-0.4, -0.2) is 42.1 Å². The number of hydrogen-bond acceptors (Lipinski definition) is 4. The molecule has 1 aromatic rings. The van der Waals surface area contributed by atoms with E-state index in [1.54, 1.807) is 5.38 Å². The highest BCUT2D eigenvalue weighted by Crippen LogP contribution is 2.19. The van der Waals surface area contributed by atoms with Crippen molar-refractivity contribution in [1.82, 2.24) is 15.2 Å². The Morgan fingerprint density at radius 1 is 1.71 bits per heavy atom. The molecule has 0 aromatic carbocycles. The average molecular weight is 319 g/mol. The minimum Gasteiger partial charge on any atom is -0.334 e. The summed E-state index contributed by atoms with van der Waals surface area (Å²) in [6, 6.07) is 0.0546. The summed E-state index contributed by atoms with van der Waals surface area (Å²) in [5.74, 6) is 0.587. The summed E-state index contributed by atoms with van der Waals surface area (Å²) in [4.78, 5) is 18.0. The number of nitrogens with one attached hydrogen (secondary N) is 2. The van der Waals surface area contributed by atoms with E-state index < -0.39 is 0 Å². The second-order valence-corrected chi connectivity index (χ2v) is 6.32. The van der Waals surface area contributed by atoms with Crippen LogP contribution < -0.4 is 10.6 Å². The van der Waals surface area contributed by atoms with Crippen LogP contribution in [0, 0.1) is 0 Å². The highest BCUT2D eigenvalue weighted by Gasteiger charge is 2.19. The first-order chi connectivity index (χ1) is 8.13. The predicted octanol–water partition coefficient (Wildman–Crippen LogP) is 2.12. The van der Waals surface area contributed by atoms with Gasteiger partial charge in [0, 0.05) is 18.0 Å². The normalized spacial score (nSPS) is 21.2. The number of halogens is 1. The first-order valence-electron chi connectivity index (χ1n) is 5.50. The van der Waals surface area contributed by atoms with Gasteiger partial charge in [0.15, 0.2) is 3.92 Å². The summed E-state index contributed by atoms with van der Waals surface area (Å²) >= 11 is 4.71. The largest absolute Gasteiger partial charge is 0.334 e. The molecule has 2 rings (SSSR count). The predicted molar refractivity (Wildman–Crippen MR) is 72.5 cm³/mol. The van der Waals surface area contributed by atoms with Crippen molar-refractivity contribution in [2.75, 3.05) is 25.5 Å². The summed E-state index contributed by atoms with van der Waals surface area (Å²) in [5.41, 5.74) is 0. The number of anilines is 1. The quantitative estimate of drug-likeness (QED) is 0.878. The third-order valence-electron chi connectivity index (χ3n) is 2.68. The van der Waals surface area contributed by atoms with E-state index in [2.05, 4.69) is 43.5 Å². The number of likely N-dealkylation sites (N-methyl/N-ethyl adjacent to an activating group) is 1. The first-order valence-corrected chi connectivity index (χ1v) is 7.18. The number of urea groups is 1. The van der Waals surface area contributed by atoms with Crippen molar-refractivity contribution in [1.29, 1.82) is 0 Å². The van der Waals surface area contributed by atoms with Gasteiger partial charge >= 0.3 is 6.03 Å². The molecule has 17 heavy (non-hydrogen) atoms. The zero-order valence-corrected chi connectivity index (χ0v) is 12.0. The molecule has 1 atom stereocenters. The number of piperidine rings is 1. The molecule has 7 heteroatoms. The molecule has 0 aliphatic carbocycles. The Balaban J connectivity index is 1.80. The number of carbonyl (C=O) groups is 1. The van der Waals surface area contributed by atoms with E-state index in [1.165, 1.54) is 11.3 Å². The fourth-order valence-electron chi connectivity index (χ4n) is 1.93. The molecule has 0 unspecified atom stereocenters. The number of rotatable bonds is 2. The maximum atomic E-state index is 11.7. The Labute approximate surface area is 113 Å². The maximum absolute atomic E-state index is 11.7. The number of hydrogen-bond donors (Lipinski definition) is 2. The first kappa shape index (κ1) is 12.8. The third kappa shape index (κ3) is 3.93. The molecule has 1 fully saturated rings. The van der Waals surface area contributed by atoms with Crippen LogP contribution in [0.5, 0.6) is 0 Å². The van der Waals surface area contributed by atoms with Crippen molar-refractivity contribution < 1.29 is 4.79 Å². The van der Waals surface area contributed by atoms with Crippen LogP contribution in [0.4, 0.5) is 10.6 Å². The summed E-state index contributed by atoms with van der Waals surface area (Å²) in [6.07, 6.45) is 2.17. The zero-order chi connectivity index (χ0) is 12.3. The molecule has 1 aliphatic rings. The molecule has 1 saturated heterocycles. The number of aromatic nitrogens is 1. The van der Waals surface area contributed by atoms with Crippen LogP contribution in [0.2, 0.25) is 0 Å². The lowest BCUT2D eigenvalue weighted by atomic mass is 10.1.